The highest BCUT2D eigenvalue weighted by atomic mass is 16.1. The van der Waals surface area contributed by atoms with Crippen molar-refractivity contribution in [2.45, 2.75) is 64.8 Å². The molecule has 2 heteroatoms. The van der Waals surface area contributed by atoms with E-state index < -0.39 is 0 Å². The summed E-state index contributed by atoms with van der Waals surface area (Å²) in [7, 11) is 0. The van der Waals surface area contributed by atoms with Gasteiger partial charge >= 0.3 is 0 Å². The predicted octanol–water partition coefficient (Wildman–Crippen LogP) is 3.92. The first kappa shape index (κ1) is 14.2. The van der Waals surface area contributed by atoms with Crippen molar-refractivity contribution in [3.8, 4) is 0 Å². The van der Waals surface area contributed by atoms with E-state index in [9.17, 15) is 4.79 Å². The van der Waals surface area contributed by atoms with E-state index in [2.05, 4.69) is 32.7 Å². The summed E-state index contributed by atoms with van der Waals surface area (Å²) in [5.41, 5.74) is 0.586. The van der Waals surface area contributed by atoms with Crippen LogP contribution in [0.1, 0.15) is 59.3 Å². The van der Waals surface area contributed by atoms with Gasteiger partial charge in [-0.1, -0.05) is 33.8 Å². The third-order valence-electron chi connectivity index (χ3n) is 6.80. The molecule has 4 aliphatic carbocycles. The van der Waals surface area contributed by atoms with Gasteiger partial charge in [-0.3, -0.25) is 4.79 Å². The molecule has 0 radical (unpaired) electrons. The van der Waals surface area contributed by atoms with Gasteiger partial charge in [-0.2, -0.15) is 0 Å². The van der Waals surface area contributed by atoms with E-state index in [1.54, 1.807) is 0 Å². The second-order valence-electron chi connectivity index (χ2n) is 8.09. The molecule has 2 nitrogen and oxygen atoms in total. The summed E-state index contributed by atoms with van der Waals surface area (Å²) in [6.45, 7) is 10.7. The first-order valence-corrected chi connectivity index (χ1v) is 8.38. The maximum atomic E-state index is 12.1. The molecule has 0 spiro atoms. The fourth-order valence-corrected chi connectivity index (χ4v) is 6.17. The van der Waals surface area contributed by atoms with Crippen LogP contribution in [0, 0.1) is 29.1 Å². The molecule has 4 saturated carbocycles. The molecule has 4 aliphatic rings. The van der Waals surface area contributed by atoms with Crippen LogP contribution in [0.4, 0.5) is 0 Å². The molecule has 0 saturated heterocycles. The highest BCUT2D eigenvalue weighted by molar-refractivity contribution is 5.87. The molecule has 3 unspecified atom stereocenters. The summed E-state index contributed by atoms with van der Waals surface area (Å²) in [5.74, 6) is 2.86. The molecule has 20 heavy (non-hydrogen) atoms. The zero-order chi connectivity index (χ0) is 14.5. The number of hydrogen-bond acceptors (Lipinski definition) is 1. The van der Waals surface area contributed by atoms with E-state index in [4.69, 9.17) is 0 Å². The van der Waals surface area contributed by atoms with E-state index in [-0.39, 0.29) is 11.4 Å². The van der Waals surface area contributed by atoms with Crippen LogP contribution in [0.25, 0.3) is 0 Å². The molecule has 3 atom stereocenters. The van der Waals surface area contributed by atoms with Crippen LogP contribution in [-0.4, -0.2) is 11.4 Å². The lowest BCUT2D eigenvalue weighted by Crippen LogP contribution is -2.70. The summed E-state index contributed by atoms with van der Waals surface area (Å²) in [5, 5.41) is 3.44. The van der Waals surface area contributed by atoms with Crippen molar-refractivity contribution in [3.63, 3.8) is 0 Å². The summed E-state index contributed by atoms with van der Waals surface area (Å²) in [6.07, 6.45) is 9.29. The Bertz CT molecular complexity index is 411. The van der Waals surface area contributed by atoms with Crippen molar-refractivity contribution in [1.82, 2.24) is 5.32 Å². The summed E-state index contributed by atoms with van der Waals surface area (Å²) in [6, 6.07) is 0. The Morgan fingerprint density at radius 3 is 2.40 bits per heavy atom. The minimum atomic E-state index is 0.0305. The molecule has 4 bridgehead atoms. The minimum Gasteiger partial charge on any atom is -0.346 e. The van der Waals surface area contributed by atoms with Gasteiger partial charge in [0.2, 0.25) is 5.91 Å². The second-order valence-corrected chi connectivity index (χ2v) is 8.09. The summed E-state index contributed by atoms with van der Waals surface area (Å²) < 4.78 is 0. The average Bonchev–Trinajstić information content (AvgIpc) is 2.40. The largest absolute Gasteiger partial charge is 0.346 e. The fraction of sp³-hybridized carbons (Fsp3) is 0.833. The third kappa shape index (κ3) is 1.87. The normalized spacial score (nSPS) is 47.0. The van der Waals surface area contributed by atoms with Gasteiger partial charge in [0.25, 0.3) is 0 Å². The van der Waals surface area contributed by atoms with Gasteiger partial charge in [0, 0.05) is 5.54 Å². The van der Waals surface area contributed by atoms with Gasteiger partial charge in [-0.25, -0.2) is 0 Å². The molecular formula is C18H29NO. The van der Waals surface area contributed by atoms with Crippen molar-refractivity contribution in [2.75, 3.05) is 0 Å². The van der Waals surface area contributed by atoms with E-state index in [1.807, 2.05) is 0 Å². The summed E-state index contributed by atoms with van der Waals surface area (Å²) in [4.78, 5) is 12.1. The standard InChI is InChI=1S/C18H29NO/c1-5-12(3)18(19-16(20)6-2)14-7-13-8-15(18)11-17(4,9-13)10-14/h6,12-15H,2,5,7-11H2,1,3-4H3,(H,19,20). The zero-order valence-corrected chi connectivity index (χ0v) is 13.2. The smallest absolute Gasteiger partial charge is 0.243 e. The number of hydrogen-bond donors (Lipinski definition) is 1. The van der Waals surface area contributed by atoms with Gasteiger partial charge in [0.1, 0.15) is 0 Å². The Morgan fingerprint density at radius 2 is 1.95 bits per heavy atom. The highest BCUT2D eigenvalue weighted by Gasteiger charge is 2.62. The molecule has 4 fully saturated rings. The first-order chi connectivity index (χ1) is 9.43. The number of carbonyl (C=O) groups is 1. The molecule has 0 aromatic carbocycles. The lowest BCUT2D eigenvalue weighted by molar-refractivity contribution is -0.148. The second kappa shape index (κ2) is 4.61. The molecule has 4 rings (SSSR count). The predicted molar refractivity (Wildman–Crippen MR) is 82.2 cm³/mol. The van der Waals surface area contributed by atoms with E-state index in [0.29, 0.717) is 23.2 Å². The van der Waals surface area contributed by atoms with Crippen LogP contribution < -0.4 is 5.32 Å². The van der Waals surface area contributed by atoms with E-state index in [1.165, 1.54) is 38.2 Å². The van der Waals surface area contributed by atoms with E-state index in [0.717, 1.165) is 12.3 Å². The third-order valence-corrected chi connectivity index (χ3v) is 6.80. The van der Waals surface area contributed by atoms with Crippen molar-refractivity contribution >= 4 is 5.91 Å². The maximum Gasteiger partial charge on any atom is 0.243 e. The highest BCUT2D eigenvalue weighted by Crippen LogP contribution is 2.65. The Kier molecular flexibility index (Phi) is 3.26. The molecule has 0 aromatic rings. The molecule has 1 N–H and O–H groups in total. The molecule has 1 amide bonds. The van der Waals surface area contributed by atoms with Crippen LogP contribution in [0.3, 0.4) is 0 Å². The quantitative estimate of drug-likeness (QED) is 0.774. The monoisotopic (exact) mass is 275 g/mol. The zero-order valence-electron chi connectivity index (χ0n) is 13.2. The van der Waals surface area contributed by atoms with Crippen molar-refractivity contribution in [1.29, 1.82) is 0 Å². The Morgan fingerprint density at radius 1 is 1.35 bits per heavy atom. The van der Waals surface area contributed by atoms with E-state index >= 15 is 0 Å². The topological polar surface area (TPSA) is 29.1 Å². The number of amides is 1. The van der Waals surface area contributed by atoms with Crippen LogP contribution in [0.2, 0.25) is 0 Å². The number of carbonyl (C=O) groups excluding carboxylic acids is 1. The maximum absolute atomic E-state index is 12.1. The lowest BCUT2D eigenvalue weighted by Gasteiger charge is -2.66. The molecule has 0 aromatic heterocycles. The molecule has 0 heterocycles. The average molecular weight is 275 g/mol. The SMILES string of the molecule is C=CC(=O)NC1(C(C)CC)C2CC3CC1CC(C)(C3)C2. The van der Waals surface area contributed by atoms with Gasteiger partial charge < -0.3 is 5.32 Å². The fourth-order valence-electron chi connectivity index (χ4n) is 6.17. The van der Waals surface area contributed by atoms with Gasteiger partial charge in [-0.15, -0.1) is 0 Å². The van der Waals surface area contributed by atoms with Crippen molar-refractivity contribution in [3.05, 3.63) is 12.7 Å². The van der Waals surface area contributed by atoms with Gasteiger partial charge in [0.15, 0.2) is 0 Å². The number of rotatable bonds is 4. The number of nitrogens with one attached hydrogen (secondary N) is 1. The Hall–Kier alpha value is -0.790. The minimum absolute atomic E-state index is 0.0305. The molecule has 0 aliphatic heterocycles. The van der Waals surface area contributed by atoms with Crippen LogP contribution in [0.15, 0.2) is 12.7 Å². The van der Waals surface area contributed by atoms with Crippen LogP contribution in [0.5, 0.6) is 0 Å². The Balaban J connectivity index is 1.98. The molecule has 112 valence electrons. The first-order valence-electron chi connectivity index (χ1n) is 8.38. The van der Waals surface area contributed by atoms with Gasteiger partial charge in [0.05, 0.1) is 0 Å². The lowest BCUT2D eigenvalue weighted by atomic mass is 9.42. The van der Waals surface area contributed by atoms with Crippen LogP contribution >= 0.6 is 0 Å². The van der Waals surface area contributed by atoms with Crippen LogP contribution in [-0.2, 0) is 4.79 Å². The molecular weight excluding hydrogens is 246 g/mol. The Labute approximate surface area is 123 Å². The van der Waals surface area contributed by atoms with Crippen molar-refractivity contribution in [2.24, 2.45) is 29.1 Å². The van der Waals surface area contributed by atoms with Gasteiger partial charge in [-0.05, 0) is 67.3 Å². The van der Waals surface area contributed by atoms with Crippen molar-refractivity contribution < 1.29 is 4.79 Å². The summed E-state index contributed by atoms with van der Waals surface area (Å²) >= 11 is 0.